The number of carbonyl (C=O) groups is 1. The van der Waals surface area contributed by atoms with Crippen LogP contribution in [0.1, 0.15) is 44.9 Å². The fourth-order valence-electron chi connectivity index (χ4n) is 2.23. The van der Waals surface area contributed by atoms with E-state index in [1.165, 1.54) is 25.7 Å². The number of halogens is 1. The maximum Gasteiger partial charge on any atom is 0.223 e. The molecule has 0 spiro atoms. The molecule has 100 valence electrons. The van der Waals surface area contributed by atoms with Gasteiger partial charge < -0.3 is 10.1 Å². The van der Waals surface area contributed by atoms with Crippen molar-refractivity contribution in [2.45, 2.75) is 44.9 Å². The van der Waals surface area contributed by atoms with Crippen molar-refractivity contribution >= 4 is 17.5 Å². The van der Waals surface area contributed by atoms with Crippen molar-refractivity contribution in [2.24, 2.45) is 5.92 Å². The predicted molar refractivity (Wildman–Crippen MR) is 70.4 cm³/mol. The van der Waals surface area contributed by atoms with Crippen LogP contribution in [0.15, 0.2) is 0 Å². The van der Waals surface area contributed by atoms with Crippen molar-refractivity contribution in [3.8, 4) is 0 Å². The molecule has 0 bridgehead atoms. The molecule has 1 amide bonds. The van der Waals surface area contributed by atoms with Crippen LogP contribution in [0.3, 0.4) is 0 Å². The monoisotopic (exact) mass is 261 g/mol. The topological polar surface area (TPSA) is 38.3 Å². The van der Waals surface area contributed by atoms with Crippen LogP contribution in [0.2, 0.25) is 0 Å². The minimum Gasteiger partial charge on any atom is -0.380 e. The van der Waals surface area contributed by atoms with Gasteiger partial charge in [-0.2, -0.15) is 0 Å². The lowest BCUT2D eigenvalue weighted by atomic mass is 9.99. The van der Waals surface area contributed by atoms with Gasteiger partial charge in [-0.1, -0.05) is 25.7 Å². The molecule has 1 saturated carbocycles. The number of amides is 1. The van der Waals surface area contributed by atoms with Crippen molar-refractivity contribution in [3.63, 3.8) is 0 Å². The van der Waals surface area contributed by atoms with Crippen LogP contribution in [0, 0.1) is 5.92 Å². The van der Waals surface area contributed by atoms with Crippen LogP contribution in [-0.4, -0.2) is 31.5 Å². The lowest BCUT2D eigenvalue weighted by Gasteiger charge is -2.13. The van der Waals surface area contributed by atoms with Gasteiger partial charge in [-0.05, 0) is 19.3 Å². The molecule has 0 aliphatic heterocycles. The molecular formula is C13H24ClNO2. The summed E-state index contributed by atoms with van der Waals surface area (Å²) in [7, 11) is 0. The summed E-state index contributed by atoms with van der Waals surface area (Å²) in [5.41, 5.74) is 0. The first-order valence-electron chi connectivity index (χ1n) is 6.76. The second-order valence-electron chi connectivity index (χ2n) is 4.63. The zero-order valence-electron chi connectivity index (χ0n) is 10.5. The Morgan fingerprint density at radius 3 is 2.53 bits per heavy atom. The van der Waals surface area contributed by atoms with E-state index in [0.29, 0.717) is 19.1 Å². The van der Waals surface area contributed by atoms with Crippen molar-refractivity contribution in [1.82, 2.24) is 5.32 Å². The lowest BCUT2D eigenvalue weighted by molar-refractivity contribution is -0.125. The van der Waals surface area contributed by atoms with E-state index in [1.54, 1.807) is 0 Å². The van der Waals surface area contributed by atoms with Gasteiger partial charge in [0.1, 0.15) is 0 Å². The SMILES string of the molecule is O=C(NCCCOCCCl)C1CCCCCC1. The third-order valence-electron chi connectivity index (χ3n) is 3.21. The maximum absolute atomic E-state index is 11.9. The summed E-state index contributed by atoms with van der Waals surface area (Å²) in [6.45, 7) is 1.99. The van der Waals surface area contributed by atoms with Gasteiger partial charge in [0, 0.05) is 24.9 Å². The van der Waals surface area contributed by atoms with Crippen LogP contribution in [0.25, 0.3) is 0 Å². The van der Waals surface area contributed by atoms with Crippen molar-refractivity contribution < 1.29 is 9.53 Å². The van der Waals surface area contributed by atoms with Crippen LogP contribution in [0.4, 0.5) is 0 Å². The summed E-state index contributed by atoms with van der Waals surface area (Å²) in [6, 6.07) is 0. The van der Waals surface area contributed by atoms with Gasteiger partial charge in [0.25, 0.3) is 0 Å². The van der Waals surface area contributed by atoms with Crippen LogP contribution >= 0.6 is 11.6 Å². The van der Waals surface area contributed by atoms with E-state index >= 15 is 0 Å². The number of ether oxygens (including phenoxy) is 1. The molecule has 0 aromatic rings. The standard InChI is InChI=1S/C13H24ClNO2/c14-8-11-17-10-5-9-15-13(16)12-6-3-1-2-4-7-12/h12H,1-11H2,(H,15,16). The maximum atomic E-state index is 11.9. The second-order valence-corrected chi connectivity index (χ2v) is 5.01. The van der Waals surface area contributed by atoms with Gasteiger partial charge in [0.2, 0.25) is 5.91 Å². The first-order valence-corrected chi connectivity index (χ1v) is 7.29. The van der Waals surface area contributed by atoms with Gasteiger partial charge in [0.05, 0.1) is 6.61 Å². The number of carbonyl (C=O) groups excluding carboxylic acids is 1. The molecule has 1 aliphatic rings. The highest BCUT2D eigenvalue weighted by atomic mass is 35.5. The first kappa shape index (κ1) is 14.8. The molecular weight excluding hydrogens is 238 g/mol. The van der Waals surface area contributed by atoms with Crippen LogP contribution in [-0.2, 0) is 9.53 Å². The third-order valence-corrected chi connectivity index (χ3v) is 3.37. The molecule has 1 rings (SSSR count). The van der Waals surface area contributed by atoms with E-state index in [0.717, 1.165) is 25.8 Å². The largest absolute Gasteiger partial charge is 0.380 e. The molecule has 0 saturated heterocycles. The number of hydrogen-bond donors (Lipinski definition) is 1. The number of nitrogens with one attached hydrogen (secondary N) is 1. The summed E-state index contributed by atoms with van der Waals surface area (Å²) >= 11 is 5.49. The Labute approximate surface area is 109 Å². The minimum absolute atomic E-state index is 0.240. The Morgan fingerprint density at radius 1 is 1.18 bits per heavy atom. The van der Waals surface area contributed by atoms with Gasteiger partial charge in [-0.25, -0.2) is 0 Å². The summed E-state index contributed by atoms with van der Waals surface area (Å²) < 4.78 is 5.25. The van der Waals surface area contributed by atoms with Gasteiger partial charge in [-0.15, -0.1) is 11.6 Å². The molecule has 0 aromatic heterocycles. The van der Waals surface area contributed by atoms with Gasteiger partial charge in [-0.3, -0.25) is 4.79 Å². The number of hydrogen-bond acceptors (Lipinski definition) is 2. The fourth-order valence-corrected chi connectivity index (χ4v) is 2.34. The van der Waals surface area contributed by atoms with Crippen LogP contribution < -0.4 is 5.32 Å². The highest BCUT2D eigenvalue weighted by Gasteiger charge is 2.19. The van der Waals surface area contributed by atoms with E-state index < -0.39 is 0 Å². The highest BCUT2D eigenvalue weighted by Crippen LogP contribution is 2.22. The number of rotatable bonds is 7. The predicted octanol–water partition coefficient (Wildman–Crippen LogP) is 2.72. The van der Waals surface area contributed by atoms with Crippen LogP contribution in [0.5, 0.6) is 0 Å². The van der Waals surface area contributed by atoms with Crippen molar-refractivity contribution in [1.29, 1.82) is 0 Å². The summed E-state index contributed by atoms with van der Waals surface area (Å²) in [5.74, 6) is 1.03. The molecule has 17 heavy (non-hydrogen) atoms. The molecule has 0 radical (unpaired) electrons. The molecule has 0 atom stereocenters. The lowest BCUT2D eigenvalue weighted by Crippen LogP contribution is -2.31. The van der Waals surface area contributed by atoms with Gasteiger partial charge in [0.15, 0.2) is 0 Å². The second kappa shape index (κ2) is 9.72. The first-order chi connectivity index (χ1) is 8.34. The van der Waals surface area contributed by atoms with Gasteiger partial charge >= 0.3 is 0 Å². The molecule has 0 aromatic carbocycles. The molecule has 0 heterocycles. The Morgan fingerprint density at radius 2 is 1.88 bits per heavy atom. The van der Waals surface area contributed by atoms with Crippen molar-refractivity contribution in [2.75, 3.05) is 25.6 Å². The average Bonchev–Trinajstić information content (AvgIpc) is 2.62. The average molecular weight is 262 g/mol. The van der Waals surface area contributed by atoms with E-state index in [2.05, 4.69) is 5.32 Å². The summed E-state index contributed by atoms with van der Waals surface area (Å²) in [6.07, 6.45) is 7.98. The Hall–Kier alpha value is -0.280. The molecule has 3 nitrogen and oxygen atoms in total. The third kappa shape index (κ3) is 6.89. The fraction of sp³-hybridized carbons (Fsp3) is 0.923. The quantitative estimate of drug-likeness (QED) is 0.435. The zero-order chi connectivity index (χ0) is 12.3. The Balaban J connectivity index is 2.03. The zero-order valence-corrected chi connectivity index (χ0v) is 11.3. The van der Waals surface area contributed by atoms with Crippen molar-refractivity contribution in [3.05, 3.63) is 0 Å². The van der Waals surface area contributed by atoms with E-state index in [-0.39, 0.29) is 11.8 Å². The smallest absolute Gasteiger partial charge is 0.223 e. The summed E-state index contributed by atoms with van der Waals surface area (Å²) in [4.78, 5) is 11.9. The minimum atomic E-state index is 0.240. The molecule has 1 fully saturated rings. The van der Waals surface area contributed by atoms with E-state index in [4.69, 9.17) is 16.3 Å². The summed E-state index contributed by atoms with van der Waals surface area (Å²) in [5, 5.41) is 3.01. The Kier molecular flexibility index (Phi) is 8.45. The normalized spacial score (nSPS) is 17.7. The molecule has 4 heteroatoms. The molecule has 1 N–H and O–H groups in total. The van der Waals surface area contributed by atoms with E-state index in [1.807, 2.05) is 0 Å². The Bertz CT molecular complexity index is 204. The van der Waals surface area contributed by atoms with E-state index in [9.17, 15) is 4.79 Å². The molecule has 0 unspecified atom stereocenters. The highest BCUT2D eigenvalue weighted by molar-refractivity contribution is 6.17. The number of alkyl halides is 1. The molecule has 1 aliphatic carbocycles.